The van der Waals surface area contributed by atoms with Crippen molar-refractivity contribution in [1.29, 1.82) is 0 Å². The fourth-order valence-corrected chi connectivity index (χ4v) is 4.16. The second kappa shape index (κ2) is 8.68. The molecule has 1 aromatic rings. The van der Waals surface area contributed by atoms with Crippen LogP contribution < -0.4 is 4.90 Å². The van der Waals surface area contributed by atoms with Crippen molar-refractivity contribution in [1.82, 2.24) is 15.0 Å². The van der Waals surface area contributed by atoms with Gasteiger partial charge in [-0.1, -0.05) is 6.92 Å². The minimum absolute atomic E-state index is 0.210. The number of anilines is 1. The van der Waals surface area contributed by atoms with E-state index in [9.17, 15) is 4.79 Å². The van der Waals surface area contributed by atoms with Crippen LogP contribution in [0.1, 0.15) is 71.7 Å². The summed E-state index contributed by atoms with van der Waals surface area (Å²) in [6, 6.07) is -0.210. The average molecular weight is 395 g/mol. The van der Waals surface area contributed by atoms with E-state index < -0.39 is 5.60 Å². The van der Waals surface area contributed by atoms with E-state index in [-0.39, 0.29) is 18.7 Å². The number of likely N-dealkylation sites (tertiary alicyclic amines) is 1. The Hall–Kier alpha value is -1.83. The molecule has 3 rings (SSSR count). The molecule has 2 fully saturated rings. The van der Waals surface area contributed by atoms with Gasteiger partial charge in [0, 0.05) is 26.2 Å². The molecule has 158 valence electrons. The number of carbonyl (C=O) groups is 1. The molecule has 2 atom stereocenters. The van der Waals surface area contributed by atoms with Gasteiger partial charge >= 0.3 is 6.09 Å². The van der Waals surface area contributed by atoms with Gasteiger partial charge in [0.05, 0.1) is 0 Å². The highest BCUT2D eigenvalue weighted by atomic mass is 16.6. The summed E-state index contributed by atoms with van der Waals surface area (Å²) in [5.74, 6) is 2.27. The minimum atomic E-state index is -0.526. The number of rotatable bonds is 5. The molecule has 1 aromatic heterocycles. The number of ether oxygens (including phenoxy) is 1. The normalized spacial score (nSPS) is 22.5. The number of aliphatic hydroxyl groups excluding tert-OH is 1. The largest absolute Gasteiger partial charge is 0.444 e. The maximum atomic E-state index is 12.5. The van der Waals surface area contributed by atoms with E-state index in [0.29, 0.717) is 30.2 Å². The molecule has 0 aliphatic carbocycles. The van der Waals surface area contributed by atoms with Gasteiger partial charge in [0.1, 0.15) is 11.6 Å². The summed E-state index contributed by atoms with van der Waals surface area (Å²) >= 11 is 0. The molecular weight excluding hydrogens is 360 g/mol. The Morgan fingerprint density at radius 2 is 2.00 bits per heavy atom. The maximum Gasteiger partial charge on any atom is 0.410 e. The Morgan fingerprint density at radius 3 is 2.64 bits per heavy atom. The summed E-state index contributed by atoms with van der Waals surface area (Å²) in [5, 5.41) is 13.3. The molecule has 0 spiro atoms. The van der Waals surface area contributed by atoms with Crippen LogP contribution in [0.4, 0.5) is 10.7 Å². The Morgan fingerprint density at radius 1 is 1.29 bits per heavy atom. The molecule has 3 heterocycles. The maximum absolute atomic E-state index is 12.5. The Labute approximate surface area is 167 Å². The summed E-state index contributed by atoms with van der Waals surface area (Å²) in [7, 11) is 0. The molecule has 1 amide bonds. The van der Waals surface area contributed by atoms with Crippen LogP contribution in [0.3, 0.4) is 0 Å². The van der Waals surface area contributed by atoms with E-state index in [4.69, 9.17) is 14.4 Å². The molecule has 0 radical (unpaired) electrons. The third kappa shape index (κ3) is 4.96. The summed E-state index contributed by atoms with van der Waals surface area (Å²) in [5.41, 5.74) is -0.526. The summed E-state index contributed by atoms with van der Waals surface area (Å²) in [6.07, 6.45) is 4.38. The average Bonchev–Trinajstić information content (AvgIpc) is 3.30. The van der Waals surface area contributed by atoms with E-state index in [1.54, 1.807) is 4.90 Å². The summed E-state index contributed by atoms with van der Waals surface area (Å²) in [4.78, 5) is 21.0. The van der Waals surface area contributed by atoms with Crippen LogP contribution in [0.5, 0.6) is 0 Å². The number of hydrogen-bond donors (Lipinski definition) is 1. The third-order valence-corrected chi connectivity index (χ3v) is 5.81. The van der Waals surface area contributed by atoms with Gasteiger partial charge in [-0.05, 0) is 69.9 Å². The number of aliphatic hydroxyl groups is 1. The highest BCUT2D eigenvalue weighted by molar-refractivity contribution is 5.69. The molecule has 2 aliphatic rings. The summed E-state index contributed by atoms with van der Waals surface area (Å²) < 4.78 is 11.1. The highest BCUT2D eigenvalue weighted by Gasteiger charge is 2.37. The van der Waals surface area contributed by atoms with Crippen LogP contribution in [0.25, 0.3) is 0 Å². The lowest BCUT2D eigenvalue weighted by molar-refractivity contribution is 0.0199. The van der Waals surface area contributed by atoms with Crippen LogP contribution >= 0.6 is 0 Å². The molecule has 2 saturated heterocycles. The monoisotopic (exact) mass is 394 g/mol. The number of hydrogen-bond acceptors (Lipinski definition) is 7. The first kappa shape index (κ1) is 20.9. The molecule has 8 heteroatoms. The van der Waals surface area contributed by atoms with Gasteiger partial charge in [-0.25, -0.2) is 4.79 Å². The molecule has 28 heavy (non-hydrogen) atoms. The smallest absolute Gasteiger partial charge is 0.410 e. The van der Waals surface area contributed by atoms with Crippen LogP contribution in [-0.2, 0) is 4.74 Å². The molecule has 0 bridgehead atoms. The van der Waals surface area contributed by atoms with Gasteiger partial charge in [0.15, 0.2) is 0 Å². The zero-order valence-corrected chi connectivity index (χ0v) is 17.6. The SMILES string of the molecule is CC(CCO)C1CCN(c2noc(C3CCCN3C(=O)OC(C)(C)C)n2)CC1. The third-order valence-electron chi connectivity index (χ3n) is 5.81. The van der Waals surface area contributed by atoms with Gasteiger partial charge < -0.3 is 19.3 Å². The van der Waals surface area contributed by atoms with Gasteiger partial charge in [-0.15, -0.1) is 0 Å². The van der Waals surface area contributed by atoms with E-state index in [2.05, 4.69) is 22.0 Å². The number of aromatic nitrogens is 2. The van der Waals surface area contributed by atoms with Crippen LogP contribution in [0.2, 0.25) is 0 Å². The molecular formula is C20H34N4O4. The van der Waals surface area contributed by atoms with Crippen molar-refractivity contribution in [3.8, 4) is 0 Å². The summed E-state index contributed by atoms with van der Waals surface area (Å²) in [6.45, 7) is 10.5. The fraction of sp³-hybridized carbons (Fsp3) is 0.850. The molecule has 0 aromatic carbocycles. The molecule has 2 aliphatic heterocycles. The van der Waals surface area contributed by atoms with E-state index in [1.165, 1.54) is 0 Å². The van der Waals surface area contributed by atoms with Crippen LogP contribution in [-0.4, -0.2) is 58.1 Å². The molecule has 8 nitrogen and oxygen atoms in total. The zero-order valence-electron chi connectivity index (χ0n) is 17.6. The predicted octanol–water partition coefficient (Wildman–Crippen LogP) is 3.38. The lowest BCUT2D eigenvalue weighted by Crippen LogP contribution is -2.37. The lowest BCUT2D eigenvalue weighted by atomic mass is 9.84. The van der Waals surface area contributed by atoms with E-state index >= 15 is 0 Å². The quantitative estimate of drug-likeness (QED) is 0.818. The minimum Gasteiger partial charge on any atom is -0.444 e. The van der Waals surface area contributed by atoms with Gasteiger partial charge in [0.2, 0.25) is 0 Å². The van der Waals surface area contributed by atoms with Crippen molar-refractivity contribution in [3.05, 3.63) is 5.89 Å². The molecule has 1 N–H and O–H groups in total. The standard InChI is InChI=1S/C20H34N4O4/c1-14(9-13-25)15-7-11-23(12-8-15)18-21-17(28-22-18)16-6-5-10-24(16)19(26)27-20(2,3)4/h14-16,25H,5-13H2,1-4H3. The van der Waals surface area contributed by atoms with Gasteiger partial charge in [-0.2, -0.15) is 4.98 Å². The van der Waals surface area contributed by atoms with Crippen molar-refractivity contribution in [2.75, 3.05) is 31.1 Å². The van der Waals surface area contributed by atoms with E-state index in [0.717, 1.165) is 45.2 Å². The number of piperidine rings is 1. The predicted molar refractivity (Wildman–Crippen MR) is 105 cm³/mol. The number of amides is 1. The fourth-order valence-electron chi connectivity index (χ4n) is 4.16. The zero-order chi connectivity index (χ0) is 20.3. The first-order valence-corrected chi connectivity index (χ1v) is 10.5. The highest BCUT2D eigenvalue weighted by Crippen LogP contribution is 2.34. The van der Waals surface area contributed by atoms with Gasteiger partial charge in [-0.3, -0.25) is 4.90 Å². The van der Waals surface area contributed by atoms with Crippen molar-refractivity contribution >= 4 is 12.0 Å². The van der Waals surface area contributed by atoms with Crippen LogP contribution in [0.15, 0.2) is 4.52 Å². The van der Waals surface area contributed by atoms with Gasteiger partial charge in [0.25, 0.3) is 11.8 Å². The van der Waals surface area contributed by atoms with Crippen molar-refractivity contribution in [2.24, 2.45) is 11.8 Å². The van der Waals surface area contributed by atoms with Crippen molar-refractivity contribution < 1.29 is 19.2 Å². The first-order chi connectivity index (χ1) is 13.3. The van der Waals surface area contributed by atoms with Crippen LogP contribution in [0, 0.1) is 11.8 Å². The Bertz CT molecular complexity index is 649. The number of nitrogens with zero attached hydrogens (tertiary/aromatic N) is 4. The lowest BCUT2D eigenvalue weighted by Gasteiger charge is -2.34. The van der Waals surface area contributed by atoms with Crippen molar-refractivity contribution in [3.63, 3.8) is 0 Å². The topological polar surface area (TPSA) is 91.9 Å². The van der Waals surface area contributed by atoms with Crippen molar-refractivity contribution in [2.45, 2.75) is 71.4 Å². The second-order valence-electron chi connectivity index (χ2n) is 9.08. The number of carbonyl (C=O) groups excluding carboxylic acids is 1. The second-order valence-corrected chi connectivity index (χ2v) is 9.08. The Balaban J connectivity index is 1.60. The van der Waals surface area contributed by atoms with E-state index in [1.807, 2.05) is 20.8 Å². The Kier molecular flexibility index (Phi) is 6.47. The molecule has 0 saturated carbocycles. The first-order valence-electron chi connectivity index (χ1n) is 10.5. The molecule has 2 unspecified atom stereocenters.